The Labute approximate surface area is 113 Å². The van der Waals surface area contributed by atoms with Gasteiger partial charge in [0.2, 0.25) is 0 Å². The molecule has 0 saturated heterocycles. The van der Waals surface area contributed by atoms with E-state index in [-0.39, 0.29) is 4.90 Å². The molecule has 1 N–H and O–H groups in total. The molecule has 2 aromatic rings. The van der Waals surface area contributed by atoms with E-state index in [1.54, 1.807) is 12.1 Å². The fraction of sp³-hybridized carbons (Fsp3) is 0.200. The second kappa shape index (κ2) is 5.15. The van der Waals surface area contributed by atoms with Crippen molar-refractivity contribution in [3.8, 4) is 0 Å². The van der Waals surface area contributed by atoms with Gasteiger partial charge in [0.25, 0.3) is 0 Å². The topological polar surface area (TPSA) is 54.4 Å². The smallest absolute Gasteiger partial charge is 0.175 e. The van der Waals surface area contributed by atoms with Gasteiger partial charge in [-0.05, 0) is 30.2 Å². The molecule has 0 heterocycles. The van der Waals surface area contributed by atoms with Crippen LogP contribution >= 0.6 is 0 Å². The minimum absolute atomic E-state index is 0.257. The third-order valence-corrected chi connectivity index (χ3v) is 4.15. The molecular formula is C15H16O3S. The Balaban J connectivity index is 2.30. The molecule has 0 saturated carbocycles. The van der Waals surface area contributed by atoms with E-state index in [1.807, 2.05) is 31.2 Å². The average molecular weight is 276 g/mol. The van der Waals surface area contributed by atoms with Crippen molar-refractivity contribution in [3.05, 3.63) is 65.2 Å². The van der Waals surface area contributed by atoms with Gasteiger partial charge in [-0.2, -0.15) is 0 Å². The maximum absolute atomic E-state index is 11.4. The van der Waals surface area contributed by atoms with Crippen LogP contribution in [-0.4, -0.2) is 19.8 Å². The molecule has 0 aliphatic heterocycles. The van der Waals surface area contributed by atoms with Crippen molar-refractivity contribution in [3.63, 3.8) is 0 Å². The van der Waals surface area contributed by atoms with Gasteiger partial charge in [-0.1, -0.05) is 42.0 Å². The van der Waals surface area contributed by atoms with Crippen LogP contribution in [0.15, 0.2) is 53.4 Å². The van der Waals surface area contributed by atoms with E-state index in [0.29, 0.717) is 5.56 Å². The van der Waals surface area contributed by atoms with Gasteiger partial charge in [0.05, 0.1) is 4.90 Å². The predicted octanol–water partition coefficient (Wildman–Crippen LogP) is 2.48. The van der Waals surface area contributed by atoms with Gasteiger partial charge in [0.1, 0.15) is 6.10 Å². The highest BCUT2D eigenvalue weighted by Gasteiger charge is 2.12. The molecule has 0 bridgehead atoms. The van der Waals surface area contributed by atoms with Crippen LogP contribution in [0, 0.1) is 6.92 Å². The van der Waals surface area contributed by atoms with Gasteiger partial charge < -0.3 is 5.11 Å². The van der Waals surface area contributed by atoms with Crippen molar-refractivity contribution in [2.45, 2.75) is 17.9 Å². The second-order valence-electron chi connectivity index (χ2n) is 4.65. The summed E-state index contributed by atoms with van der Waals surface area (Å²) in [5, 5.41) is 10.2. The highest BCUT2D eigenvalue weighted by atomic mass is 32.2. The van der Waals surface area contributed by atoms with Crippen LogP contribution in [0.3, 0.4) is 0 Å². The lowest BCUT2D eigenvalue weighted by atomic mass is 10.0. The minimum Gasteiger partial charge on any atom is -0.384 e. The van der Waals surface area contributed by atoms with Crippen LogP contribution in [0.4, 0.5) is 0 Å². The minimum atomic E-state index is -3.20. The standard InChI is InChI=1S/C15H16O3S/c1-11-3-5-12(6-4-11)15(16)13-7-9-14(10-8-13)19(2,17)18/h3-10,15-16H,1-2H3. The third-order valence-electron chi connectivity index (χ3n) is 3.02. The summed E-state index contributed by atoms with van der Waals surface area (Å²) < 4.78 is 22.7. The summed E-state index contributed by atoms with van der Waals surface area (Å²) in [6.07, 6.45) is 0.424. The number of aliphatic hydroxyl groups excluding tert-OH is 1. The maximum atomic E-state index is 11.4. The summed E-state index contributed by atoms with van der Waals surface area (Å²) in [5.41, 5.74) is 2.59. The first-order chi connectivity index (χ1) is 8.88. The average Bonchev–Trinajstić information content (AvgIpc) is 2.38. The highest BCUT2D eigenvalue weighted by Crippen LogP contribution is 2.23. The van der Waals surface area contributed by atoms with Crippen molar-refractivity contribution in [1.82, 2.24) is 0 Å². The molecule has 100 valence electrons. The molecule has 0 aromatic heterocycles. The van der Waals surface area contributed by atoms with Gasteiger partial charge in [-0.25, -0.2) is 8.42 Å². The quantitative estimate of drug-likeness (QED) is 0.937. The van der Waals surface area contributed by atoms with Crippen LogP contribution in [0.25, 0.3) is 0 Å². The van der Waals surface area contributed by atoms with E-state index >= 15 is 0 Å². The highest BCUT2D eigenvalue weighted by molar-refractivity contribution is 7.90. The van der Waals surface area contributed by atoms with Gasteiger partial charge in [-0.3, -0.25) is 0 Å². The molecular weight excluding hydrogens is 260 g/mol. The van der Waals surface area contributed by atoms with E-state index < -0.39 is 15.9 Å². The predicted molar refractivity (Wildman–Crippen MR) is 74.8 cm³/mol. The Morgan fingerprint density at radius 1 is 0.895 bits per heavy atom. The number of sulfone groups is 1. The lowest BCUT2D eigenvalue weighted by Crippen LogP contribution is -2.01. The molecule has 0 fully saturated rings. The summed E-state index contributed by atoms with van der Waals surface area (Å²) in [4.78, 5) is 0.257. The SMILES string of the molecule is Cc1ccc(C(O)c2ccc(S(C)(=O)=O)cc2)cc1. The second-order valence-corrected chi connectivity index (χ2v) is 6.67. The first-order valence-corrected chi connectivity index (χ1v) is 7.82. The number of hydrogen-bond acceptors (Lipinski definition) is 3. The number of benzene rings is 2. The number of aliphatic hydroxyl groups is 1. The molecule has 0 radical (unpaired) electrons. The first-order valence-electron chi connectivity index (χ1n) is 5.92. The summed E-state index contributed by atoms with van der Waals surface area (Å²) in [7, 11) is -3.20. The first kappa shape index (κ1) is 13.8. The fourth-order valence-electron chi connectivity index (χ4n) is 1.84. The van der Waals surface area contributed by atoms with Crippen molar-refractivity contribution in [2.24, 2.45) is 0 Å². The van der Waals surface area contributed by atoms with Crippen molar-refractivity contribution < 1.29 is 13.5 Å². The molecule has 4 heteroatoms. The molecule has 0 aliphatic carbocycles. The monoisotopic (exact) mass is 276 g/mol. The number of rotatable bonds is 3. The molecule has 2 rings (SSSR count). The Kier molecular flexibility index (Phi) is 3.73. The Bertz CT molecular complexity index is 656. The normalized spacial score (nSPS) is 13.2. The van der Waals surface area contributed by atoms with Gasteiger partial charge >= 0.3 is 0 Å². The van der Waals surface area contributed by atoms with Gasteiger partial charge in [0, 0.05) is 6.26 Å². The fourth-order valence-corrected chi connectivity index (χ4v) is 2.47. The van der Waals surface area contributed by atoms with Crippen LogP contribution < -0.4 is 0 Å². The Morgan fingerprint density at radius 2 is 1.32 bits per heavy atom. The molecule has 3 nitrogen and oxygen atoms in total. The molecule has 0 amide bonds. The van der Waals surface area contributed by atoms with Crippen LogP contribution in [0.5, 0.6) is 0 Å². The van der Waals surface area contributed by atoms with E-state index in [9.17, 15) is 13.5 Å². The van der Waals surface area contributed by atoms with E-state index in [0.717, 1.165) is 11.1 Å². The molecule has 2 aromatic carbocycles. The molecule has 0 aliphatic rings. The van der Waals surface area contributed by atoms with E-state index in [4.69, 9.17) is 0 Å². The summed E-state index contributed by atoms with van der Waals surface area (Å²) in [6, 6.07) is 13.9. The lowest BCUT2D eigenvalue weighted by molar-refractivity contribution is 0.220. The number of hydrogen-bond donors (Lipinski definition) is 1. The molecule has 1 unspecified atom stereocenters. The van der Waals surface area contributed by atoms with Crippen LogP contribution in [-0.2, 0) is 9.84 Å². The van der Waals surface area contributed by atoms with Gasteiger partial charge in [-0.15, -0.1) is 0 Å². The zero-order valence-corrected chi connectivity index (χ0v) is 11.7. The maximum Gasteiger partial charge on any atom is 0.175 e. The Morgan fingerprint density at radius 3 is 1.74 bits per heavy atom. The van der Waals surface area contributed by atoms with Crippen LogP contribution in [0.2, 0.25) is 0 Å². The van der Waals surface area contributed by atoms with E-state index in [2.05, 4.69) is 0 Å². The number of aryl methyl sites for hydroxylation is 1. The summed E-state index contributed by atoms with van der Waals surface area (Å²) in [6.45, 7) is 1.98. The third kappa shape index (κ3) is 3.22. The molecule has 1 atom stereocenters. The zero-order chi connectivity index (χ0) is 14.0. The largest absolute Gasteiger partial charge is 0.384 e. The zero-order valence-electron chi connectivity index (χ0n) is 10.9. The van der Waals surface area contributed by atoms with Crippen LogP contribution in [0.1, 0.15) is 22.8 Å². The van der Waals surface area contributed by atoms with Crippen molar-refractivity contribution in [1.29, 1.82) is 0 Å². The Hall–Kier alpha value is -1.65. The lowest BCUT2D eigenvalue weighted by Gasteiger charge is -2.12. The van der Waals surface area contributed by atoms with E-state index in [1.165, 1.54) is 18.4 Å². The molecule has 0 spiro atoms. The van der Waals surface area contributed by atoms with Gasteiger partial charge in [0.15, 0.2) is 9.84 Å². The molecule has 19 heavy (non-hydrogen) atoms. The summed E-state index contributed by atoms with van der Waals surface area (Å²) >= 11 is 0. The van der Waals surface area contributed by atoms with Crippen molar-refractivity contribution >= 4 is 9.84 Å². The summed E-state index contributed by atoms with van der Waals surface area (Å²) in [5.74, 6) is 0. The van der Waals surface area contributed by atoms with Crippen molar-refractivity contribution in [2.75, 3.05) is 6.26 Å².